The number of rotatable bonds is 7. The highest BCUT2D eigenvalue weighted by atomic mass is 32.2. The molecule has 0 aliphatic carbocycles. The highest BCUT2D eigenvalue weighted by molar-refractivity contribution is 7.89. The lowest BCUT2D eigenvalue weighted by Crippen LogP contribution is -2.28. The number of benzene rings is 2. The van der Waals surface area contributed by atoms with Gasteiger partial charge in [0.25, 0.3) is 5.69 Å². The van der Waals surface area contributed by atoms with Crippen molar-refractivity contribution in [2.45, 2.75) is 11.3 Å². The van der Waals surface area contributed by atoms with E-state index >= 15 is 0 Å². The molecule has 26 heavy (non-hydrogen) atoms. The Balaban J connectivity index is 1.92. The van der Waals surface area contributed by atoms with E-state index in [1.54, 1.807) is 24.3 Å². The zero-order valence-corrected chi connectivity index (χ0v) is 14.2. The highest BCUT2D eigenvalue weighted by Gasteiger charge is 2.16. The fourth-order valence-corrected chi connectivity index (χ4v) is 3.06. The van der Waals surface area contributed by atoms with Gasteiger partial charge in [0.05, 0.1) is 21.1 Å². The fraction of sp³-hybridized carbons (Fsp3) is 0.125. The van der Waals surface area contributed by atoms with E-state index in [2.05, 4.69) is 10.0 Å². The van der Waals surface area contributed by atoms with Crippen LogP contribution in [-0.4, -0.2) is 25.8 Å². The first-order valence-electron chi connectivity index (χ1n) is 7.36. The fourth-order valence-electron chi connectivity index (χ4n) is 2.03. The summed E-state index contributed by atoms with van der Waals surface area (Å²) in [6.07, 6.45) is -0.147. The van der Waals surface area contributed by atoms with Gasteiger partial charge in [0.2, 0.25) is 15.9 Å². The molecular formula is C16H14N4O5S. The van der Waals surface area contributed by atoms with Crippen LogP contribution in [0.2, 0.25) is 0 Å². The minimum absolute atomic E-state index is 0.140. The van der Waals surface area contributed by atoms with Gasteiger partial charge >= 0.3 is 0 Å². The van der Waals surface area contributed by atoms with Gasteiger partial charge in [-0.1, -0.05) is 12.1 Å². The summed E-state index contributed by atoms with van der Waals surface area (Å²) in [5.41, 5.74) is 0.421. The molecule has 2 N–H and O–H groups in total. The maximum atomic E-state index is 12.1. The molecule has 2 aromatic carbocycles. The van der Waals surface area contributed by atoms with Gasteiger partial charge in [-0.05, 0) is 24.3 Å². The third-order valence-electron chi connectivity index (χ3n) is 3.32. The van der Waals surface area contributed by atoms with E-state index in [4.69, 9.17) is 5.26 Å². The molecule has 0 aliphatic heterocycles. The number of nitro benzene ring substituents is 1. The number of sulfonamides is 1. The van der Waals surface area contributed by atoms with E-state index < -0.39 is 20.9 Å². The topological polar surface area (TPSA) is 142 Å². The normalized spacial score (nSPS) is 10.7. The minimum atomic E-state index is -3.89. The summed E-state index contributed by atoms with van der Waals surface area (Å²) in [6.45, 7) is -0.167. The molecule has 0 atom stereocenters. The highest BCUT2D eigenvalue weighted by Crippen LogP contribution is 2.16. The van der Waals surface area contributed by atoms with Crippen molar-refractivity contribution in [2.75, 3.05) is 11.9 Å². The van der Waals surface area contributed by atoms with Gasteiger partial charge in [-0.2, -0.15) is 5.26 Å². The van der Waals surface area contributed by atoms with Crippen molar-refractivity contribution in [2.24, 2.45) is 0 Å². The second kappa shape index (κ2) is 8.19. The number of amides is 1. The van der Waals surface area contributed by atoms with Crippen LogP contribution in [0.1, 0.15) is 12.0 Å². The Morgan fingerprint density at radius 3 is 2.42 bits per heavy atom. The SMILES string of the molecule is N#Cc1ccccc1NC(=O)CCNS(=O)(=O)c1ccc([N+](=O)[O-])cc1. The first kappa shape index (κ1) is 19.0. The molecule has 0 saturated carbocycles. The van der Waals surface area contributed by atoms with Crippen LogP contribution in [0.4, 0.5) is 11.4 Å². The quantitative estimate of drug-likeness (QED) is 0.558. The van der Waals surface area contributed by atoms with E-state index in [9.17, 15) is 23.3 Å². The predicted octanol–water partition coefficient (Wildman–Crippen LogP) is 1.77. The van der Waals surface area contributed by atoms with Crippen molar-refractivity contribution < 1.29 is 18.1 Å². The number of nitrogens with one attached hydrogen (secondary N) is 2. The molecule has 10 heteroatoms. The molecule has 134 valence electrons. The van der Waals surface area contributed by atoms with Crippen molar-refractivity contribution in [3.63, 3.8) is 0 Å². The first-order valence-corrected chi connectivity index (χ1v) is 8.85. The lowest BCUT2D eigenvalue weighted by molar-refractivity contribution is -0.384. The number of carbonyl (C=O) groups is 1. The van der Waals surface area contributed by atoms with Gasteiger partial charge in [0, 0.05) is 25.1 Å². The number of nitro groups is 1. The molecule has 2 aromatic rings. The summed E-state index contributed by atoms with van der Waals surface area (Å²) in [5.74, 6) is -0.459. The van der Waals surface area contributed by atoms with Crippen LogP contribution in [-0.2, 0) is 14.8 Å². The Morgan fingerprint density at radius 2 is 1.81 bits per heavy atom. The van der Waals surface area contributed by atoms with Crippen molar-refractivity contribution in [3.05, 3.63) is 64.2 Å². The monoisotopic (exact) mass is 374 g/mol. The molecule has 0 unspecified atom stereocenters. The van der Waals surface area contributed by atoms with Crippen molar-refractivity contribution in [1.82, 2.24) is 4.72 Å². The number of hydrogen-bond acceptors (Lipinski definition) is 6. The number of hydrogen-bond donors (Lipinski definition) is 2. The maximum Gasteiger partial charge on any atom is 0.269 e. The van der Waals surface area contributed by atoms with Crippen molar-refractivity contribution in [3.8, 4) is 6.07 Å². The average molecular weight is 374 g/mol. The Labute approximate surface area is 149 Å². The largest absolute Gasteiger partial charge is 0.325 e. The molecule has 9 nitrogen and oxygen atoms in total. The van der Waals surface area contributed by atoms with E-state index in [0.29, 0.717) is 11.3 Å². The van der Waals surface area contributed by atoms with Gasteiger partial charge in [-0.3, -0.25) is 14.9 Å². The zero-order chi connectivity index (χ0) is 19.2. The molecule has 0 heterocycles. The van der Waals surface area contributed by atoms with Crippen LogP contribution in [0.15, 0.2) is 53.4 Å². The Bertz CT molecular complexity index is 965. The minimum Gasteiger partial charge on any atom is -0.325 e. The molecule has 0 radical (unpaired) electrons. The van der Waals surface area contributed by atoms with Crippen LogP contribution in [0.25, 0.3) is 0 Å². The zero-order valence-electron chi connectivity index (χ0n) is 13.4. The number of para-hydroxylation sites is 1. The number of nitriles is 1. The van der Waals surface area contributed by atoms with Crippen LogP contribution < -0.4 is 10.0 Å². The predicted molar refractivity (Wildman–Crippen MR) is 92.7 cm³/mol. The molecule has 0 aliphatic rings. The molecule has 0 saturated heterocycles. The smallest absolute Gasteiger partial charge is 0.269 e. The van der Waals surface area contributed by atoms with Crippen LogP contribution >= 0.6 is 0 Å². The maximum absolute atomic E-state index is 12.1. The number of carbonyl (C=O) groups excluding carboxylic acids is 1. The molecule has 0 fully saturated rings. The van der Waals surface area contributed by atoms with Gasteiger partial charge in [0.1, 0.15) is 6.07 Å². The Morgan fingerprint density at radius 1 is 1.15 bits per heavy atom. The van der Waals surface area contributed by atoms with Gasteiger partial charge in [-0.25, -0.2) is 13.1 Å². The van der Waals surface area contributed by atoms with Crippen LogP contribution in [0.3, 0.4) is 0 Å². The molecule has 0 aromatic heterocycles. The van der Waals surface area contributed by atoms with Gasteiger partial charge < -0.3 is 5.32 Å². The summed E-state index contributed by atoms with van der Waals surface area (Å²) < 4.78 is 26.4. The second-order valence-corrected chi connectivity index (χ2v) is 6.87. The number of nitrogens with zero attached hydrogens (tertiary/aromatic N) is 2. The van der Waals surface area contributed by atoms with E-state index in [-0.39, 0.29) is 23.5 Å². The molecule has 2 rings (SSSR count). The lowest BCUT2D eigenvalue weighted by Gasteiger charge is -2.08. The van der Waals surface area contributed by atoms with E-state index in [1.165, 1.54) is 0 Å². The standard InChI is InChI=1S/C16H14N4O5S/c17-11-12-3-1-2-4-15(12)19-16(21)9-10-18-26(24,25)14-7-5-13(6-8-14)20(22)23/h1-8,18H,9-10H2,(H,19,21). The summed E-state index contributed by atoms with van der Waals surface area (Å²) in [4.78, 5) is 21.7. The summed E-state index contributed by atoms with van der Waals surface area (Å²) in [5, 5.41) is 22.1. The van der Waals surface area contributed by atoms with Gasteiger partial charge in [-0.15, -0.1) is 0 Å². The summed E-state index contributed by atoms with van der Waals surface area (Å²) >= 11 is 0. The number of anilines is 1. The average Bonchev–Trinajstić information content (AvgIpc) is 2.62. The molecule has 0 spiro atoms. The molecular weight excluding hydrogens is 360 g/mol. The Hall–Kier alpha value is -3.29. The lowest BCUT2D eigenvalue weighted by atomic mass is 10.2. The van der Waals surface area contributed by atoms with Crippen molar-refractivity contribution >= 4 is 27.3 Å². The summed E-state index contributed by atoms with van der Waals surface area (Å²) in [7, 11) is -3.89. The van der Waals surface area contributed by atoms with E-state index in [1.807, 2.05) is 6.07 Å². The molecule has 0 bridgehead atoms. The number of non-ortho nitro benzene ring substituents is 1. The van der Waals surface area contributed by atoms with Crippen LogP contribution in [0.5, 0.6) is 0 Å². The van der Waals surface area contributed by atoms with E-state index in [0.717, 1.165) is 24.3 Å². The van der Waals surface area contributed by atoms with Gasteiger partial charge in [0.15, 0.2) is 0 Å². The van der Waals surface area contributed by atoms with Crippen LogP contribution in [0, 0.1) is 21.4 Å². The second-order valence-electron chi connectivity index (χ2n) is 5.10. The third kappa shape index (κ3) is 4.85. The van der Waals surface area contributed by atoms with Crippen molar-refractivity contribution in [1.29, 1.82) is 5.26 Å². The first-order chi connectivity index (χ1) is 12.3. The molecule has 1 amide bonds. The Kier molecular flexibility index (Phi) is 6.00. The third-order valence-corrected chi connectivity index (χ3v) is 4.80. The summed E-state index contributed by atoms with van der Waals surface area (Å²) in [6, 6.07) is 12.8.